The van der Waals surface area contributed by atoms with Crippen molar-refractivity contribution >= 4 is 11.0 Å². The molecule has 96 valence electrons. The van der Waals surface area contributed by atoms with E-state index in [0.29, 0.717) is 6.54 Å². The Bertz CT molecular complexity index is 715. The van der Waals surface area contributed by atoms with Gasteiger partial charge in [0, 0.05) is 6.20 Å². The quantitative estimate of drug-likeness (QED) is 0.777. The summed E-state index contributed by atoms with van der Waals surface area (Å²) in [5.41, 5.74) is 9.94. The van der Waals surface area contributed by atoms with Crippen LogP contribution in [0.3, 0.4) is 0 Å². The van der Waals surface area contributed by atoms with Crippen molar-refractivity contribution in [3.05, 3.63) is 54.0 Å². The molecule has 0 radical (unpaired) electrons. The largest absolute Gasteiger partial charge is 0.330 e. The third-order valence-corrected chi connectivity index (χ3v) is 3.22. The number of nitrogens with zero attached hydrogens (tertiary/aromatic N) is 3. The molecule has 2 N–H and O–H groups in total. The molecule has 3 aromatic rings. The topological polar surface area (TPSA) is 56.7 Å². The molecule has 2 aromatic heterocycles. The fourth-order valence-corrected chi connectivity index (χ4v) is 2.31. The summed E-state index contributed by atoms with van der Waals surface area (Å²) in [6.45, 7) is 2.71. The molecular formula is C15H16N4. The second kappa shape index (κ2) is 4.82. The maximum Gasteiger partial charge on any atom is 0.141 e. The number of hydrogen-bond donors (Lipinski definition) is 1. The summed E-state index contributed by atoms with van der Waals surface area (Å²) in [6.07, 6.45) is 4.57. The van der Waals surface area contributed by atoms with E-state index in [1.165, 1.54) is 5.56 Å². The Labute approximate surface area is 111 Å². The number of para-hydroxylation sites is 2. The number of rotatable bonds is 3. The van der Waals surface area contributed by atoms with Gasteiger partial charge in [0.1, 0.15) is 12.1 Å². The molecule has 0 bridgehead atoms. The lowest BCUT2D eigenvalue weighted by Crippen LogP contribution is -2.05. The van der Waals surface area contributed by atoms with Crippen molar-refractivity contribution < 1.29 is 0 Å². The smallest absolute Gasteiger partial charge is 0.141 e. The zero-order chi connectivity index (χ0) is 13.2. The third-order valence-electron chi connectivity index (χ3n) is 3.22. The minimum absolute atomic E-state index is 0.647. The molecule has 2 heterocycles. The van der Waals surface area contributed by atoms with E-state index < -0.39 is 0 Å². The number of benzene rings is 1. The van der Waals surface area contributed by atoms with Gasteiger partial charge >= 0.3 is 0 Å². The van der Waals surface area contributed by atoms with Crippen molar-refractivity contribution in [3.8, 4) is 5.82 Å². The number of pyridine rings is 1. The summed E-state index contributed by atoms with van der Waals surface area (Å²) >= 11 is 0. The van der Waals surface area contributed by atoms with Gasteiger partial charge in [-0.05, 0) is 43.1 Å². The normalized spacial score (nSPS) is 11.1. The number of imidazole rings is 1. The Morgan fingerprint density at radius 1 is 1.21 bits per heavy atom. The van der Waals surface area contributed by atoms with Crippen LogP contribution in [0.4, 0.5) is 0 Å². The minimum atomic E-state index is 0.647. The monoisotopic (exact) mass is 252 g/mol. The van der Waals surface area contributed by atoms with E-state index in [0.717, 1.165) is 28.8 Å². The molecule has 0 amide bonds. The Kier molecular flexibility index (Phi) is 3.01. The second-order valence-electron chi connectivity index (χ2n) is 4.63. The Morgan fingerprint density at radius 2 is 2.05 bits per heavy atom. The number of fused-ring (bicyclic) bond motifs is 1. The number of hydrogen-bond acceptors (Lipinski definition) is 3. The van der Waals surface area contributed by atoms with E-state index >= 15 is 0 Å². The van der Waals surface area contributed by atoms with Crippen LogP contribution in [-0.2, 0) is 6.42 Å². The van der Waals surface area contributed by atoms with E-state index in [9.17, 15) is 0 Å². The highest BCUT2D eigenvalue weighted by Gasteiger charge is 2.08. The average molecular weight is 252 g/mol. The number of nitrogens with two attached hydrogens (primary N) is 1. The molecular weight excluding hydrogens is 236 g/mol. The molecule has 0 atom stereocenters. The van der Waals surface area contributed by atoms with Crippen molar-refractivity contribution in [1.29, 1.82) is 0 Å². The van der Waals surface area contributed by atoms with Crippen LogP contribution in [0.25, 0.3) is 16.9 Å². The summed E-state index contributed by atoms with van der Waals surface area (Å²) < 4.78 is 2.02. The predicted octanol–water partition coefficient (Wildman–Crippen LogP) is 2.23. The van der Waals surface area contributed by atoms with Crippen molar-refractivity contribution in [2.45, 2.75) is 13.3 Å². The van der Waals surface area contributed by atoms with E-state index in [4.69, 9.17) is 5.73 Å². The van der Waals surface area contributed by atoms with Gasteiger partial charge in [-0.25, -0.2) is 9.97 Å². The zero-order valence-electron chi connectivity index (χ0n) is 10.9. The van der Waals surface area contributed by atoms with E-state index in [2.05, 4.69) is 29.0 Å². The van der Waals surface area contributed by atoms with Gasteiger partial charge in [0.25, 0.3) is 0 Å². The van der Waals surface area contributed by atoms with Crippen LogP contribution < -0.4 is 5.73 Å². The van der Waals surface area contributed by atoms with Gasteiger partial charge in [0.05, 0.1) is 11.0 Å². The molecule has 3 rings (SSSR count). The van der Waals surface area contributed by atoms with Gasteiger partial charge in [-0.3, -0.25) is 4.57 Å². The molecule has 0 aliphatic rings. The van der Waals surface area contributed by atoms with E-state index in [1.807, 2.05) is 35.3 Å². The van der Waals surface area contributed by atoms with Gasteiger partial charge in [-0.2, -0.15) is 0 Å². The first-order chi connectivity index (χ1) is 9.29. The summed E-state index contributed by atoms with van der Waals surface area (Å²) in [6, 6.07) is 10.2. The Balaban J connectivity index is 2.11. The van der Waals surface area contributed by atoms with E-state index in [1.54, 1.807) is 0 Å². The van der Waals surface area contributed by atoms with Crippen LogP contribution >= 0.6 is 0 Å². The fraction of sp³-hybridized carbons (Fsp3) is 0.200. The van der Waals surface area contributed by atoms with Crippen molar-refractivity contribution in [2.75, 3.05) is 6.54 Å². The van der Waals surface area contributed by atoms with Gasteiger partial charge in [-0.15, -0.1) is 0 Å². The first-order valence-electron chi connectivity index (χ1n) is 6.37. The first-order valence-corrected chi connectivity index (χ1v) is 6.37. The molecule has 0 unspecified atom stereocenters. The van der Waals surface area contributed by atoms with Crippen LogP contribution in [0, 0.1) is 6.92 Å². The Hall–Kier alpha value is -2.20. The Morgan fingerprint density at radius 3 is 2.84 bits per heavy atom. The average Bonchev–Trinajstić information content (AvgIpc) is 2.83. The number of aryl methyl sites for hydroxylation is 1. The van der Waals surface area contributed by atoms with Crippen LogP contribution in [0.15, 0.2) is 42.9 Å². The van der Waals surface area contributed by atoms with Crippen LogP contribution in [0.5, 0.6) is 0 Å². The lowest BCUT2D eigenvalue weighted by molar-refractivity contribution is 0.934. The van der Waals surface area contributed by atoms with Gasteiger partial charge < -0.3 is 5.73 Å². The van der Waals surface area contributed by atoms with Crippen molar-refractivity contribution in [1.82, 2.24) is 14.5 Å². The second-order valence-corrected chi connectivity index (χ2v) is 4.63. The molecule has 0 saturated heterocycles. The molecule has 4 nitrogen and oxygen atoms in total. The summed E-state index contributed by atoms with van der Waals surface area (Å²) in [5, 5.41) is 0. The molecule has 0 aliphatic carbocycles. The molecule has 1 aromatic carbocycles. The summed E-state index contributed by atoms with van der Waals surface area (Å²) in [5.74, 6) is 0.925. The lowest BCUT2D eigenvalue weighted by atomic mass is 10.1. The molecule has 19 heavy (non-hydrogen) atoms. The predicted molar refractivity (Wildman–Crippen MR) is 76.4 cm³/mol. The van der Waals surface area contributed by atoms with Crippen molar-refractivity contribution in [2.24, 2.45) is 5.73 Å². The van der Waals surface area contributed by atoms with Crippen molar-refractivity contribution in [3.63, 3.8) is 0 Å². The van der Waals surface area contributed by atoms with E-state index in [-0.39, 0.29) is 0 Å². The van der Waals surface area contributed by atoms with Crippen LogP contribution in [0.2, 0.25) is 0 Å². The SMILES string of the molecule is Cc1cc(CCN)cnc1-n1cnc2ccccc21. The zero-order valence-corrected chi connectivity index (χ0v) is 10.9. The first kappa shape index (κ1) is 11.9. The molecule has 0 aliphatic heterocycles. The highest BCUT2D eigenvalue weighted by Crippen LogP contribution is 2.19. The van der Waals surface area contributed by atoms with Crippen LogP contribution in [0.1, 0.15) is 11.1 Å². The minimum Gasteiger partial charge on any atom is -0.330 e. The molecule has 0 saturated carbocycles. The maximum atomic E-state index is 5.57. The number of aromatic nitrogens is 3. The van der Waals surface area contributed by atoms with Gasteiger partial charge in [0.15, 0.2) is 0 Å². The van der Waals surface area contributed by atoms with Gasteiger partial charge in [0.2, 0.25) is 0 Å². The fourth-order valence-electron chi connectivity index (χ4n) is 2.31. The molecule has 0 spiro atoms. The molecule has 0 fully saturated rings. The van der Waals surface area contributed by atoms with Gasteiger partial charge in [-0.1, -0.05) is 18.2 Å². The maximum absolute atomic E-state index is 5.57. The standard InChI is InChI=1S/C15H16N4/c1-11-8-12(6-7-16)9-17-15(11)19-10-18-13-4-2-3-5-14(13)19/h2-5,8-10H,6-7,16H2,1H3. The third kappa shape index (κ3) is 2.11. The summed E-state index contributed by atoms with van der Waals surface area (Å²) in [4.78, 5) is 8.95. The highest BCUT2D eigenvalue weighted by atomic mass is 15.1. The highest BCUT2D eigenvalue weighted by molar-refractivity contribution is 5.77. The molecule has 4 heteroatoms. The summed E-state index contributed by atoms with van der Waals surface area (Å²) in [7, 11) is 0. The lowest BCUT2D eigenvalue weighted by Gasteiger charge is -2.08. The van der Waals surface area contributed by atoms with Crippen LogP contribution in [-0.4, -0.2) is 21.1 Å².